The van der Waals surface area contributed by atoms with Crippen molar-refractivity contribution < 1.29 is 9.90 Å². The topological polar surface area (TPSA) is 49.3 Å². The molecule has 0 amide bonds. The summed E-state index contributed by atoms with van der Waals surface area (Å²) in [6.45, 7) is 5.58. The number of rotatable bonds is 3. The molecule has 0 bridgehead atoms. The molecule has 3 nitrogen and oxygen atoms in total. The van der Waals surface area contributed by atoms with E-state index < -0.39 is 0 Å². The van der Waals surface area contributed by atoms with Crippen molar-refractivity contribution in [1.82, 2.24) is 0 Å². The summed E-state index contributed by atoms with van der Waals surface area (Å²) in [5.41, 5.74) is 0.206. The van der Waals surface area contributed by atoms with Crippen molar-refractivity contribution in [3.8, 4) is 5.75 Å². The molecule has 0 aliphatic carbocycles. The Kier molecular flexibility index (Phi) is 3.72. The maximum Gasteiger partial charge on any atom is 0.162 e. The summed E-state index contributed by atoms with van der Waals surface area (Å²) >= 11 is 0. The molecule has 86 valence electrons. The number of phenolic OH excluding ortho intramolecular Hbond substituents is 1. The zero-order valence-electron chi connectivity index (χ0n) is 9.82. The summed E-state index contributed by atoms with van der Waals surface area (Å²) in [6.07, 6.45) is 3.02. The molecule has 1 aromatic carbocycles. The van der Waals surface area contributed by atoms with Gasteiger partial charge < -0.3 is 10.4 Å². The highest BCUT2D eigenvalue weighted by atomic mass is 16.3. The van der Waals surface area contributed by atoms with Gasteiger partial charge in [-0.05, 0) is 18.2 Å². The fourth-order valence-corrected chi connectivity index (χ4v) is 1.05. The van der Waals surface area contributed by atoms with E-state index in [1.165, 1.54) is 6.08 Å². The molecule has 1 rings (SSSR count). The number of nitrogens with one attached hydrogen (secondary N) is 1. The third kappa shape index (κ3) is 3.42. The minimum absolute atomic E-state index is 0.0374. The van der Waals surface area contributed by atoms with E-state index >= 15 is 0 Å². The van der Waals surface area contributed by atoms with Crippen molar-refractivity contribution >= 4 is 11.5 Å². The fourth-order valence-electron chi connectivity index (χ4n) is 1.05. The van der Waals surface area contributed by atoms with Gasteiger partial charge in [-0.25, -0.2) is 0 Å². The Morgan fingerprint density at radius 1 is 1.31 bits per heavy atom. The van der Waals surface area contributed by atoms with Crippen LogP contribution in [0.2, 0.25) is 0 Å². The first kappa shape index (κ1) is 12.3. The Balaban J connectivity index is 2.62. The molecule has 0 atom stereocenters. The zero-order chi connectivity index (χ0) is 12.2. The Morgan fingerprint density at radius 3 is 2.50 bits per heavy atom. The number of aromatic hydroxyl groups is 1. The maximum atomic E-state index is 11.6. The number of phenols is 1. The lowest BCUT2D eigenvalue weighted by atomic mass is 9.91. The first-order chi connectivity index (χ1) is 7.41. The van der Waals surface area contributed by atoms with Gasteiger partial charge in [0, 0.05) is 11.6 Å². The second kappa shape index (κ2) is 4.84. The third-order valence-corrected chi connectivity index (χ3v) is 2.12. The van der Waals surface area contributed by atoms with Gasteiger partial charge in [0.2, 0.25) is 0 Å². The summed E-state index contributed by atoms with van der Waals surface area (Å²) in [6, 6.07) is 6.87. The van der Waals surface area contributed by atoms with E-state index in [4.69, 9.17) is 0 Å². The number of anilines is 1. The summed E-state index contributed by atoms with van der Waals surface area (Å²) in [7, 11) is 0. The van der Waals surface area contributed by atoms with E-state index in [0.717, 1.165) is 0 Å². The zero-order valence-corrected chi connectivity index (χ0v) is 9.82. The molecule has 2 N–H and O–H groups in total. The van der Waals surface area contributed by atoms with Gasteiger partial charge in [0.25, 0.3) is 0 Å². The van der Waals surface area contributed by atoms with Gasteiger partial charge in [-0.1, -0.05) is 32.9 Å². The Morgan fingerprint density at radius 2 is 1.94 bits per heavy atom. The number of ketones is 1. The van der Waals surface area contributed by atoms with Gasteiger partial charge in [-0.15, -0.1) is 0 Å². The van der Waals surface area contributed by atoms with Crippen LogP contribution >= 0.6 is 0 Å². The largest absolute Gasteiger partial charge is 0.506 e. The number of hydrogen-bond donors (Lipinski definition) is 2. The van der Waals surface area contributed by atoms with Crippen molar-refractivity contribution in [2.24, 2.45) is 5.41 Å². The molecule has 0 heterocycles. The highest BCUT2D eigenvalue weighted by Crippen LogP contribution is 2.21. The number of benzene rings is 1. The average molecular weight is 219 g/mol. The quantitative estimate of drug-likeness (QED) is 0.607. The van der Waals surface area contributed by atoms with Crippen LogP contribution in [0.25, 0.3) is 0 Å². The predicted octanol–water partition coefficient (Wildman–Crippen LogP) is 2.93. The van der Waals surface area contributed by atoms with E-state index in [2.05, 4.69) is 5.32 Å². The van der Waals surface area contributed by atoms with Gasteiger partial charge in [-0.3, -0.25) is 4.79 Å². The van der Waals surface area contributed by atoms with Gasteiger partial charge in [0.15, 0.2) is 5.78 Å². The summed E-state index contributed by atoms with van der Waals surface area (Å²) in [4.78, 5) is 11.6. The van der Waals surface area contributed by atoms with E-state index in [1.807, 2.05) is 26.8 Å². The molecule has 0 aliphatic heterocycles. The summed E-state index contributed by atoms with van der Waals surface area (Å²) < 4.78 is 0. The standard InChI is InChI=1S/C13H17NO2/c1-13(2,3)12(16)8-9-14-10-6-4-5-7-11(10)15/h4-9,14-15H,1-3H3. The van der Waals surface area contributed by atoms with Crippen LogP contribution < -0.4 is 5.32 Å². The lowest BCUT2D eigenvalue weighted by molar-refractivity contribution is -0.121. The number of carbonyl (C=O) groups excluding carboxylic acids is 1. The predicted molar refractivity (Wildman–Crippen MR) is 65.3 cm³/mol. The maximum absolute atomic E-state index is 11.6. The van der Waals surface area contributed by atoms with Crippen molar-refractivity contribution in [2.75, 3.05) is 5.32 Å². The highest BCUT2D eigenvalue weighted by Gasteiger charge is 2.17. The first-order valence-corrected chi connectivity index (χ1v) is 5.17. The van der Waals surface area contributed by atoms with Crippen molar-refractivity contribution in [2.45, 2.75) is 20.8 Å². The monoisotopic (exact) mass is 219 g/mol. The van der Waals surface area contributed by atoms with Gasteiger partial charge in [-0.2, -0.15) is 0 Å². The molecule has 0 saturated heterocycles. The number of carbonyl (C=O) groups is 1. The van der Waals surface area contributed by atoms with E-state index in [9.17, 15) is 9.90 Å². The van der Waals surface area contributed by atoms with Crippen LogP contribution in [0.1, 0.15) is 20.8 Å². The van der Waals surface area contributed by atoms with Crippen LogP contribution in [0.5, 0.6) is 5.75 Å². The summed E-state index contributed by atoms with van der Waals surface area (Å²) in [5.74, 6) is 0.200. The number of para-hydroxylation sites is 2. The van der Waals surface area contributed by atoms with Crippen LogP contribution in [0, 0.1) is 5.41 Å². The molecule has 0 aliphatic rings. The molecule has 1 aromatic rings. The molecular weight excluding hydrogens is 202 g/mol. The van der Waals surface area contributed by atoms with Crippen molar-refractivity contribution in [3.05, 3.63) is 36.5 Å². The van der Waals surface area contributed by atoms with Crippen LogP contribution in [0.15, 0.2) is 36.5 Å². The van der Waals surface area contributed by atoms with Crippen molar-refractivity contribution in [3.63, 3.8) is 0 Å². The van der Waals surface area contributed by atoms with Crippen LogP contribution in [-0.2, 0) is 4.79 Å². The van der Waals surface area contributed by atoms with E-state index in [1.54, 1.807) is 24.4 Å². The lowest BCUT2D eigenvalue weighted by Gasteiger charge is -2.13. The average Bonchev–Trinajstić information content (AvgIpc) is 2.19. The Hall–Kier alpha value is -1.77. The molecular formula is C13H17NO2. The van der Waals surface area contributed by atoms with Crippen LogP contribution in [-0.4, -0.2) is 10.9 Å². The SMILES string of the molecule is CC(C)(C)C(=O)C=CNc1ccccc1O. The molecule has 0 radical (unpaired) electrons. The normalized spacial score (nSPS) is 11.7. The molecule has 0 fully saturated rings. The molecule has 3 heteroatoms. The smallest absolute Gasteiger partial charge is 0.162 e. The molecule has 0 unspecified atom stereocenters. The third-order valence-electron chi connectivity index (χ3n) is 2.12. The Labute approximate surface area is 95.8 Å². The Bertz CT molecular complexity index is 403. The van der Waals surface area contributed by atoms with Gasteiger partial charge in [0.05, 0.1) is 5.69 Å². The fraction of sp³-hybridized carbons (Fsp3) is 0.308. The minimum Gasteiger partial charge on any atom is -0.506 e. The van der Waals surface area contributed by atoms with E-state index in [0.29, 0.717) is 5.69 Å². The second-order valence-electron chi connectivity index (χ2n) is 4.61. The number of hydrogen-bond acceptors (Lipinski definition) is 3. The lowest BCUT2D eigenvalue weighted by Crippen LogP contribution is -2.17. The number of allylic oxidation sites excluding steroid dienone is 1. The van der Waals surface area contributed by atoms with Crippen LogP contribution in [0.3, 0.4) is 0 Å². The van der Waals surface area contributed by atoms with Gasteiger partial charge in [0.1, 0.15) is 5.75 Å². The van der Waals surface area contributed by atoms with Crippen molar-refractivity contribution in [1.29, 1.82) is 0 Å². The van der Waals surface area contributed by atoms with E-state index in [-0.39, 0.29) is 16.9 Å². The first-order valence-electron chi connectivity index (χ1n) is 5.17. The minimum atomic E-state index is -0.378. The molecule has 16 heavy (non-hydrogen) atoms. The molecule has 0 saturated carbocycles. The molecule has 0 spiro atoms. The van der Waals surface area contributed by atoms with Gasteiger partial charge >= 0.3 is 0 Å². The van der Waals surface area contributed by atoms with Crippen LogP contribution in [0.4, 0.5) is 5.69 Å². The highest BCUT2D eigenvalue weighted by molar-refractivity contribution is 5.94. The second-order valence-corrected chi connectivity index (χ2v) is 4.61. The molecule has 0 aromatic heterocycles. The summed E-state index contributed by atoms with van der Waals surface area (Å²) in [5, 5.41) is 12.3.